The molecule has 0 atom stereocenters. The SMILES string of the molecule is COC(=O)C1(NC(C)=O)CCC(N(N=C=O)N2CCC(OCC3CCN(C(=O)OC(C)(C)C)CC3)CC2)CC1. The number of nitrogens with one attached hydrogen (secondary N) is 1. The fourth-order valence-corrected chi connectivity index (χ4v) is 5.75. The van der Waals surface area contributed by atoms with Gasteiger partial charge in [0.05, 0.1) is 19.3 Å². The lowest BCUT2D eigenvalue weighted by Gasteiger charge is -2.45. The third kappa shape index (κ3) is 8.65. The first-order valence-corrected chi connectivity index (χ1v) is 14.0. The summed E-state index contributed by atoms with van der Waals surface area (Å²) in [5.41, 5.74) is -1.53. The quantitative estimate of drug-likeness (QED) is 0.209. The third-order valence-electron chi connectivity index (χ3n) is 7.81. The Bertz CT molecular complexity index is 893. The summed E-state index contributed by atoms with van der Waals surface area (Å²) in [6, 6.07) is -0.0781. The zero-order valence-electron chi connectivity index (χ0n) is 24.1. The molecule has 0 aromatic rings. The van der Waals surface area contributed by atoms with Gasteiger partial charge in [-0.1, -0.05) is 5.10 Å². The van der Waals surface area contributed by atoms with Gasteiger partial charge in [0.15, 0.2) is 0 Å². The van der Waals surface area contributed by atoms with E-state index in [2.05, 4.69) is 15.4 Å². The van der Waals surface area contributed by atoms with Crippen LogP contribution in [0.1, 0.15) is 79.1 Å². The minimum Gasteiger partial charge on any atom is -0.467 e. The maximum absolute atomic E-state index is 12.5. The highest BCUT2D eigenvalue weighted by Gasteiger charge is 2.45. The van der Waals surface area contributed by atoms with E-state index in [1.165, 1.54) is 14.0 Å². The highest BCUT2D eigenvalue weighted by atomic mass is 16.6. The normalized spacial score (nSPS) is 25.4. The molecule has 2 amide bonds. The van der Waals surface area contributed by atoms with Crippen molar-refractivity contribution >= 4 is 24.0 Å². The van der Waals surface area contributed by atoms with E-state index in [1.807, 2.05) is 20.8 Å². The summed E-state index contributed by atoms with van der Waals surface area (Å²) >= 11 is 0. The predicted octanol–water partition coefficient (Wildman–Crippen LogP) is 2.57. The molecule has 0 unspecified atom stereocenters. The Balaban J connectivity index is 1.44. The van der Waals surface area contributed by atoms with Gasteiger partial charge >= 0.3 is 12.1 Å². The largest absolute Gasteiger partial charge is 0.467 e. The fourth-order valence-electron chi connectivity index (χ4n) is 5.75. The summed E-state index contributed by atoms with van der Waals surface area (Å²) in [4.78, 5) is 49.5. The van der Waals surface area contributed by atoms with Crippen LogP contribution >= 0.6 is 0 Å². The molecular weight excluding hydrogens is 506 g/mol. The van der Waals surface area contributed by atoms with Crippen LogP contribution in [0.25, 0.3) is 0 Å². The minimum absolute atomic E-state index is 0.0781. The molecule has 0 radical (unpaired) electrons. The van der Waals surface area contributed by atoms with Gasteiger partial charge in [-0.3, -0.25) is 4.79 Å². The second-order valence-corrected chi connectivity index (χ2v) is 11.9. The van der Waals surface area contributed by atoms with Crippen LogP contribution in [0.5, 0.6) is 0 Å². The van der Waals surface area contributed by atoms with E-state index in [9.17, 15) is 19.2 Å². The molecule has 220 valence electrons. The van der Waals surface area contributed by atoms with Gasteiger partial charge in [-0.2, -0.15) is 0 Å². The molecule has 1 N–H and O–H groups in total. The zero-order chi connectivity index (χ0) is 28.6. The monoisotopic (exact) mass is 551 g/mol. The summed E-state index contributed by atoms with van der Waals surface area (Å²) in [7, 11) is 1.32. The number of hydrazone groups is 1. The van der Waals surface area contributed by atoms with Crippen molar-refractivity contribution in [1.82, 2.24) is 20.3 Å². The summed E-state index contributed by atoms with van der Waals surface area (Å²) in [6.07, 6.45) is 6.92. The number of ether oxygens (including phenoxy) is 3. The number of rotatable bonds is 8. The van der Waals surface area contributed by atoms with Crippen LogP contribution in [0, 0.1) is 5.92 Å². The summed E-state index contributed by atoms with van der Waals surface area (Å²) < 4.78 is 16.7. The van der Waals surface area contributed by atoms with Crippen molar-refractivity contribution in [2.24, 2.45) is 11.0 Å². The molecule has 12 heteroatoms. The van der Waals surface area contributed by atoms with E-state index in [0.29, 0.717) is 64.4 Å². The molecule has 1 saturated carbocycles. The number of methoxy groups -OCH3 is 1. The van der Waals surface area contributed by atoms with Crippen LogP contribution in [0.3, 0.4) is 0 Å². The van der Waals surface area contributed by atoms with Gasteiger partial charge in [0.1, 0.15) is 11.1 Å². The van der Waals surface area contributed by atoms with Gasteiger partial charge in [0.2, 0.25) is 5.91 Å². The van der Waals surface area contributed by atoms with E-state index in [1.54, 1.807) is 16.1 Å². The average Bonchev–Trinajstić information content (AvgIpc) is 2.90. The Kier molecular flexibility index (Phi) is 10.7. The van der Waals surface area contributed by atoms with Crippen LogP contribution in [0.2, 0.25) is 0 Å². The van der Waals surface area contributed by atoms with Crippen molar-refractivity contribution in [2.45, 2.75) is 102 Å². The van der Waals surface area contributed by atoms with Gasteiger partial charge in [-0.15, -0.1) is 0 Å². The van der Waals surface area contributed by atoms with Gasteiger partial charge in [-0.25, -0.2) is 24.5 Å². The van der Waals surface area contributed by atoms with E-state index < -0.39 is 17.1 Å². The molecular formula is C27H45N5O7. The standard InChI is InChI=1S/C27H45N5O7/c1-20(34)29-27(24(35)37-5)12-6-22(7-13-27)32(28-19-33)31-16-10-23(11-17-31)38-18-21-8-14-30(15-9-21)25(36)39-26(2,3)4/h21-23H,6-18H2,1-5H3,(H,29,34). The van der Waals surface area contributed by atoms with E-state index in [-0.39, 0.29) is 24.1 Å². The number of piperidine rings is 2. The lowest BCUT2D eigenvalue weighted by Crippen LogP contribution is -2.59. The minimum atomic E-state index is -1.04. The Morgan fingerprint density at radius 3 is 2.15 bits per heavy atom. The molecule has 0 bridgehead atoms. The van der Waals surface area contributed by atoms with E-state index in [0.717, 1.165) is 25.7 Å². The number of hydrogen-bond donors (Lipinski definition) is 1. The highest BCUT2D eigenvalue weighted by Crippen LogP contribution is 2.34. The second kappa shape index (κ2) is 13.6. The average molecular weight is 552 g/mol. The van der Waals surface area contributed by atoms with Crippen molar-refractivity contribution in [3.05, 3.63) is 0 Å². The smallest absolute Gasteiger partial charge is 0.410 e. The summed E-state index contributed by atoms with van der Waals surface area (Å²) in [6.45, 7) is 10.4. The number of carbonyl (C=O) groups excluding carboxylic acids is 4. The molecule has 0 spiro atoms. The number of hydrazine groups is 1. The molecule has 3 rings (SSSR count). The summed E-state index contributed by atoms with van der Waals surface area (Å²) in [5, 5.41) is 10.6. The van der Waals surface area contributed by atoms with Crippen LogP contribution < -0.4 is 5.32 Å². The molecule has 2 saturated heterocycles. The number of amides is 2. The second-order valence-electron chi connectivity index (χ2n) is 11.9. The van der Waals surface area contributed by atoms with Gasteiger partial charge < -0.3 is 24.4 Å². The predicted molar refractivity (Wildman–Crippen MR) is 142 cm³/mol. The van der Waals surface area contributed by atoms with Crippen molar-refractivity contribution in [3.8, 4) is 0 Å². The molecule has 2 heterocycles. The molecule has 3 fully saturated rings. The van der Waals surface area contributed by atoms with Crippen LogP contribution in [0.4, 0.5) is 4.79 Å². The van der Waals surface area contributed by atoms with Crippen molar-refractivity contribution in [3.63, 3.8) is 0 Å². The number of nitrogens with zero attached hydrogens (tertiary/aromatic N) is 4. The van der Waals surface area contributed by atoms with Crippen LogP contribution in [-0.4, -0.2) is 102 Å². The first kappa shape index (κ1) is 30.8. The summed E-state index contributed by atoms with van der Waals surface area (Å²) in [5.74, 6) is -0.314. The third-order valence-corrected chi connectivity index (χ3v) is 7.81. The zero-order valence-corrected chi connectivity index (χ0v) is 24.1. The van der Waals surface area contributed by atoms with Crippen LogP contribution in [-0.2, 0) is 28.6 Å². The van der Waals surface area contributed by atoms with E-state index in [4.69, 9.17) is 14.2 Å². The Morgan fingerprint density at radius 2 is 1.64 bits per heavy atom. The van der Waals surface area contributed by atoms with Crippen molar-refractivity contribution < 1.29 is 33.4 Å². The van der Waals surface area contributed by atoms with Crippen molar-refractivity contribution in [2.75, 3.05) is 39.9 Å². The molecule has 12 nitrogen and oxygen atoms in total. The van der Waals surface area contributed by atoms with E-state index >= 15 is 0 Å². The molecule has 0 aromatic heterocycles. The topological polar surface area (TPSA) is 130 Å². The van der Waals surface area contributed by atoms with Gasteiger partial charge in [0.25, 0.3) is 6.08 Å². The number of hydrogen-bond acceptors (Lipinski definition) is 10. The highest BCUT2D eigenvalue weighted by molar-refractivity contribution is 5.87. The number of carbonyl (C=O) groups is 3. The molecule has 3 aliphatic rings. The Labute approximate surface area is 231 Å². The maximum atomic E-state index is 12.5. The van der Waals surface area contributed by atoms with Crippen LogP contribution in [0.15, 0.2) is 5.10 Å². The van der Waals surface area contributed by atoms with Crippen molar-refractivity contribution in [1.29, 1.82) is 0 Å². The number of likely N-dealkylation sites (tertiary alicyclic amines) is 1. The number of isocyanates is 1. The molecule has 2 aliphatic heterocycles. The number of esters is 1. The van der Waals surface area contributed by atoms with Gasteiger partial charge in [-0.05, 0) is 78.1 Å². The molecule has 39 heavy (non-hydrogen) atoms. The van der Waals surface area contributed by atoms with Gasteiger partial charge in [0, 0.05) is 39.7 Å². The maximum Gasteiger partial charge on any atom is 0.410 e. The first-order chi connectivity index (χ1) is 18.5. The first-order valence-electron chi connectivity index (χ1n) is 14.0. The molecule has 1 aliphatic carbocycles. The lowest BCUT2D eigenvalue weighted by molar-refractivity contribution is -0.155. The molecule has 0 aromatic carbocycles. The Hall–Kier alpha value is -2.69. The Morgan fingerprint density at radius 1 is 1.03 bits per heavy atom. The fraction of sp³-hybridized carbons (Fsp3) is 0.852. The lowest BCUT2D eigenvalue weighted by atomic mass is 9.79.